The summed E-state index contributed by atoms with van der Waals surface area (Å²) in [6, 6.07) is 7.94. The summed E-state index contributed by atoms with van der Waals surface area (Å²) in [6.07, 6.45) is 9.43. The van der Waals surface area contributed by atoms with Crippen LogP contribution in [0.5, 0.6) is 0 Å². The molecule has 1 unspecified atom stereocenters. The molecule has 1 aromatic carbocycles. The molecule has 2 heteroatoms. The number of halogens is 1. The van der Waals surface area contributed by atoms with Crippen molar-refractivity contribution in [2.24, 2.45) is 0 Å². The monoisotopic (exact) mass is 277 g/mol. The van der Waals surface area contributed by atoms with Gasteiger partial charge in [-0.2, -0.15) is 0 Å². The summed E-state index contributed by atoms with van der Waals surface area (Å²) >= 11 is 3.54. The third kappa shape index (κ3) is 1.96. The summed E-state index contributed by atoms with van der Waals surface area (Å²) in [7, 11) is 0. The Morgan fingerprint density at radius 2 is 2.00 bits per heavy atom. The lowest BCUT2D eigenvalue weighted by molar-refractivity contribution is 0.446. The number of nitrogens with one attached hydrogen (secondary N) is 1. The van der Waals surface area contributed by atoms with Crippen LogP contribution in [0.3, 0.4) is 0 Å². The second kappa shape index (κ2) is 4.34. The van der Waals surface area contributed by atoms with E-state index < -0.39 is 0 Å². The lowest BCUT2D eigenvalue weighted by Crippen LogP contribution is -2.29. The highest BCUT2D eigenvalue weighted by molar-refractivity contribution is 9.10. The molecule has 0 bridgehead atoms. The predicted molar refractivity (Wildman–Crippen MR) is 70.5 cm³/mol. The van der Waals surface area contributed by atoms with Gasteiger partial charge in [-0.3, -0.25) is 0 Å². The van der Waals surface area contributed by atoms with Gasteiger partial charge in [-0.15, -0.1) is 0 Å². The average Bonchev–Trinajstić information content (AvgIpc) is 2.89. The molecular formula is C14H16BrN. The minimum absolute atomic E-state index is 0.577. The zero-order valence-electron chi connectivity index (χ0n) is 9.25. The fourth-order valence-corrected chi connectivity index (χ4v) is 3.21. The molecule has 16 heavy (non-hydrogen) atoms. The third-order valence-corrected chi connectivity index (χ3v) is 4.12. The smallest absolute Gasteiger partial charge is 0.0328 e. The topological polar surface area (TPSA) is 12.0 Å². The number of benzene rings is 1. The van der Waals surface area contributed by atoms with E-state index in [0.717, 1.165) is 0 Å². The average molecular weight is 278 g/mol. The van der Waals surface area contributed by atoms with Crippen LogP contribution in [0.25, 0.3) is 0 Å². The van der Waals surface area contributed by atoms with Crippen molar-refractivity contribution in [1.29, 1.82) is 0 Å². The Hall–Kier alpha value is -0.600. The van der Waals surface area contributed by atoms with E-state index >= 15 is 0 Å². The molecule has 1 aromatic rings. The highest BCUT2D eigenvalue weighted by atomic mass is 79.9. The molecule has 0 aliphatic heterocycles. The molecule has 1 N–H and O–H groups in total. The quantitative estimate of drug-likeness (QED) is 0.812. The molecule has 2 aliphatic carbocycles. The molecule has 0 heterocycles. The summed E-state index contributed by atoms with van der Waals surface area (Å²) in [6.45, 7) is 0. The van der Waals surface area contributed by atoms with Crippen LogP contribution in [0.4, 0.5) is 0 Å². The molecule has 2 aliphatic rings. The number of fused-ring (bicyclic) bond motifs is 1. The first kappa shape index (κ1) is 10.5. The van der Waals surface area contributed by atoms with Crippen LogP contribution in [-0.4, -0.2) is 6.04 Å². The maximum Gasteiger partial charge on any atom is 0.0328 e. The van der Waals surface area contributed by atoms with Crippen LogP contribution < -0.4 is 5.32 Å². The van der Waals surface area contributed by atoms with Crippen molar-refractivity contribution in [3.8, 4) is 0 Å². The molecule has 0 aromatic heterocycles. The molecule has 0 saturated carbocycles. The van der Waals surface area contributed by atoms with E-state index in [1.807, 2.05) is 0 Å². The predicted octanol–water partition coefficient (Wildman–Crippen LogP) is 3.74. The standard InChI is InChI=1S/C14H16BrN/c15-11-6-7-13-10(9-11)5-8-14(13)16-12-3-1-2-4-12/h1-2,6-7,9,12,14,16H,3-5,8H2. The van der Waals surface area contributed by atoms with E-state index in [0.29, 0.717) is 12.1 Å². The largest absolute Gasteiger partial charge is 0.307 e. The summed E-state index contributed by atoms with van der Waals surface area (Å²) in [4.78, 5) is 0. The molecule has 0 spiro atoms. The molecule has 84 valence electrons. The van der Waals surface area contributed by atoms with Crippen LogP contribution in [0, 0.1) is 0 Å². The van der Waals surface area contributed by atoms with Gasteiger partial charge < -0.3 is 5.32 Å². The Morgan fingerprint density at radius 3 is 2.81 bits per heavy atom. The highest BCUT2D eigenvalue weighted by Crippen LogP contribution is 2.33. The van der Waals surface area contributed by atoms with Crippen LogP contribution in [0.15, 0.2) is 34.8 Å². The van der Waals surface area contributed by atoms with Gasteiger partial charge in [0.1, 0.15) is 0 Å². The first-order valence-corrected chi connectivity index (χ1v) is 6.81. The molecular weight excluding hydrogens is 262 g/mol. The lowest BCUT2D eigenvalue weighted by atomic mass is 10.1. The second-order valence-corrected chi connectivity index (χ2v) is 5.66. The van der Waals surface area contributed by atoms with E-state index in [4.69, 9.17) is 0 Å². The maximum absolute atomic E-state index is 3.78. The van der Waals surface area contributed by atoms with Gasteiger partial charge in [-0.25, -0.2) is 0 Å². The Kier molecular flexibility index (Phi) is 2.86. The van der Waals surface area contributed by atoms with Gasteiger partial charge in [0.2, 0.25) is 0 Å². The number of hydrogen-bond donors (Lipinski definition) is 1. The third-order valence-electron chi connectivity index (χ3n) is 3.63. The normalized spacial score (nSPS) is 23.9. The van der Waals surface area contributed by atoms with Crippen LogP contribution in [-0.2, 0) is 6.42 Å². The van der Waals surface area contributed by atoms with Gasteiger partial charge in [0, 0.05) is 16.6 Å². The summed E-state index contributed by atoms with van der Waals surface area (Å²) in [5, 5.41) is 3.78. The van der Waals surface area contributed by atoms with Gasteiger partial charge >= 0.3 is 0 Å². The first-order chi connectivity index (χ1) is 7.83. The minimum Gasteiger partial charge on any atom is -0.307 e. The SMILES string of the molecule is Brc1ccc2c(c1)CCC2NC1CC=CC1. The van der Waals surface area contributed by atoms with E-state index in [1.54, 1.807) is 0 Å². The van der Waals surface area contributed by atoms with E-state index in [1.165, 1.54) is 41.3 Å². The van der Waals surface area contributed by atoms with E-state index in [2.05, 4.69) is 51.6 Å². The van der Waals surface area contributed by atoms with Crippen molar-refractivity contribution in [2.75, 3.05) is 0 Å². The second-order valence-electron chi connectivity index (χ2n) is 4.74. The van der Waals surface area contributed by atoms with Crippen LogP contribution >= 0.6 is 15.9 Å². The van der Waals surface area contributed by atoms with Crippen LogP contribution in [0.1, 0.15) is 36.4 Å². The van der Waals surface area contributed by atoms with Gasteiger partial charge in [0.15, 0.2) is 0 Å². The molecule has 0 saturated heterocycles. The van der Waals surface area contributed by atoms with Crippen molar-refractivity contribution < 1.29 is 0 Å². The minimum atomic E-state index is 0.577. The van der Waals surface area contributed by atoms with Crippen LogP contribution in [0.2, 0.25) is 0 Å². The number of aryl methyl sites for hydroxylation is 1. The zero-order valence-corrected chi connectivity index (χ0v) is 10.8. The first-order valence-electron chi connectivity index (χ1n) is 6.02. The van der Waals surface area contributed by atoms with Gasteiger partial charge in [0.05, 0.1) is 0 Å². The fourth-order valence-electron chi connectivity index (χ4n) is 2.80. The Labute approximate surface area is 105 Å². The van der Waals surface area contributed by atoms with Gasteiger partial charge in [0.25, 0.3) is 0 Å². The molecule has 0 amide bonds. The lowest BCUT2D eigenvalue weighted by Gasteiger charge is -2.19. The number of rotatable bonds is 2. The van der Waals surface area contributed by atoms with Crippen molar-refractivity contribution in [3.63, 3.8) is 0 Å². The Bertz CT molecular complexity index is 417. The summed E-state index contributed by atoms with van der Waals surface area (Å²) < 4.78 is 1.20. The zero-order chi connectivity index (χ0) is 11.0. The number of hydrogen-bond acceptors (Lipinski definition) is 1. The maximum atomic E-state index is 3.78. The highest BCUT2D eigenvalue weighted by Gasteiger charge is 2.24. The van der Waals surface area contributed by atoms with Gasteiger partial charge in [-0.1, -0.05) is 34.1 Å². The van der Waals surface area contributed by atoms with Crippen molar-refractivity contribution in [1.82, 2.24) is 5.32 Å². The van der Waals surface area contributed by atoms with E-state index in [-0.39, 0.29) is 0 Å². The van der Waals surface area contributed by atoms with Crippen molar-refractivity contribution in [3.05, 3.63) is 46.0 Å². The Balaban J connectivity index is 1.75. The summed E-state index contributed by atoms with van der Waals surface area (Å²) in [5.74, 6) is 0. The Morgan fingerprint density at radius 1 is 1.19 bits per heavy atom. The molecule has 1 nitrogen and oxygen atoms in total. The van der Waals surface area contributed by atoms with Crippen molar-refractivity contribution in [2.45, 2.75) is 37.8 Å². The fraction of sp³-hybridized carbons (Fsp3) is 0.429. The van der Waals surface area contributed by atoms with E-state index in [9.17, 15) is 0 Å². The summed E-state index contributed by atoms with van der Waals surface area (Å²) in [5.41, 5.74) is 3.02. The molecule has 1 atom stereocenters. The molecule has 3 rings (SSSR count). The molecule has 0 radical (unpaired) electrons. The van der Waals surface area contributed by atoms with Gasteiger partial charge in [-0.05, 0) is 48.9 Å². The molecule has 0 fully saturated rings. The van der Waals surface area contributed by atoms with Crippen molar-refractivity contribution >= 4 is 15.9 Å².